The van der Waals surface area contributed by atoms with Gasteiger partial charge in [0.2, 0.25) is 5.91 Å². The Labute approximate surface area is 152 Å². The molecular weight excluding hydrogens is 334 g/mol. The van der Waals surface area contributed by atoms with E-state index in [1.54, 1.807) is 6.20 Å². The minimum absolute atomic E-state index is 0.222. The summed E-state index contributed by atoms with van der Waals surface area (Å²) in [4.78, 5) is 18.7. The third kappa shape index (κ3) is 3.86. The van der Waals surface area contributed by atoms with E-state index in [2.05, 4.69) is 19.7 Å². The van der Waals surface area contributed by atoms with Crippen molar-refractivity contribution in [2.45, 2.75) is 49.7 Å². The first-order valence-electron chi connectivity index (χ1n) is 9.09. The molecule has 2 fully saturated rings. The lowest BCUT2D eigenvalue weighted by Crippen LogP contribution is -2.33. The predicted molar refractivity (Wildman–Crippen MR) is 97.3 cm³/mol. The lowest BCUT2D eigenvalue weighted by molar-refractivity contribution is -0.128. The number of aromatic nitrogens is 4. The molecule has 2 aliphatic rings. The van der Waals surface area contributed by atoms with Gasteiger partial charge in [-0.25, -0.2) is 0 Å². The maximum atomic E-state index is 12.5. The zero-order valence-electron chi connectivity index (χ0n) is 14.3. The molecule has 6 nitrogen and oxygen atoms in total. The van der Waals surface area contributed by atoms with Gasteiger partial charge in [0.1, 0.15) is 0 Å². The van der Waals surface area contributed by atoms with Crippen molar-refractivity contribution < 1.29 is 4.79 Å². The second kappa shape index (κ2) is 7.56. The van der Waals surface area contributed by atoms with E-state index in [-0.39, 0.29) is 5.91 Å². The molecule has 0 radical (unpaired) electrons. The van der Waals surface area contributed by atoms with Gasteiger partial charge in [-0.1, -0.05) is 24.6 Å². The number of rotatable bonds is 5. The molecule has 1 aliphatic heterocycles. The molecule has 1 amide bonds. The van der Waals surface area contributed by atoms with Crippen LogP contribution in [0.1, 0.15) is 44.6 Å². The van der Waals surface area contributed by atoms with Crippen molar-refractivity contribution in [1.82, 2.24) is 24.6 Å². The van der Waals surface area contributed by atoms with E-state index in [1.807, 2.05) is 23.2 Å². The normalized spacial score (nSPS) is 18.2. The summed E-state index contributed by atoms with van der Waals surface area (Å²) in [5, 5.41) is 9.60. The largest absolute Gasteiger partial charge is 0.342 e. The Hall–Kier alpha value is -1.89. The highest BCUT2D eigenvalue weighted by Crippen LogP contribution is 2.40. The molecule has 0 N–H and O–H groups in total. The Bertz CT molecular complexity index is 720. The standard InChI is InChI=1S/C18H23N5OS/c24-16(22-10-3-1-2-4-11-22)13-25-18-21-20-17(23(18)15-7-8-15)14-6-5-9-19-12-14/h5-6,9,12,15H,1-4,7-8,10-11,13H2. The van der Waals surface area contributed by atoms with Crippen LogP contribution in [-0.4, -0.2) is 49.4 Å². The van der Waals surface area contributed by atoms with Crippen LogP contribution in [0.25, 0.3) is 11.4 Å². The zero-order valence-corrected chi connectivity index (χ0v) is 15.1. The van der Waals surface area contributed by atoms with E-state index in [0.29, 0.717) is 11.8 Å². The van der Waals surface area contributed by atoms with E-state index >= 15 is 0 Å². The van der Waals surface area contributed by atoms with Crippen LogP contribution in [0.3, 0.4) is 0 Å². The van der Waals surface area contributed by atoms with Crippen LogP contribution in [0.4, 0.5) is 0 Å². The molecule has 25 heavy (non-hydrogen) atoms. The van der Waals surface area contributed by atoms with E-state index in [9.17, 15) is 4.79 Å². The third-order valence-electron chi connectivity index (χ3n) is 4.78. The average Bonchev–Trinajstić information content (AvgIpc) is 3.45. The molecule has 3 heterocycles. The van der Waals surface area contributed by atoms with E-state index < -0.39 is 0 Å². The summed E-state index contributed by atoms with van der Waals surface area (Å²) in [5.41, 5.74) is 0.979. The third-order valence-corrected chi connectivity index (χ3v) is 5.71. The summed E-state index contributed by atoms with van der Waals surface area (Å²) in [6.45, 7) is 1.80. The van der Waals surface area contributed by atoms with Crippen LogP contribution in [-0.2, 0) is 4.79 Å². The fraction of sp³-hybridized carbons (Fsp3) is 0.556. The van der Waals surface area contributed by atoms with Crippen molar-refractivity contribution in [2.75, 3.05) is 18.8 Å². The number of amides is 1. The Kier molecular flexibility index (Phi) is 5.01. The van der Waals surface area contributed by atoms with Crippen molar-refractivity contribution in [1.29, 1.82) is 0 Å². The van der Waals surface area contributed by atoms with E-state index in [0.717, 1.165) is 55.3 Å². The van der Waals surface area contributed by atoms with Crippen molar-refractivity contribution in [3.63, 3.8) is 0 Å². The van der Waals surface area contributed by atoms with Gasteiger partial charge in [-0.2, -0.15) is 0 Å². The summed E-state index contributed by atoms with van der Waals surface area (Å²) in [7, 11) is 0. The van der Waals surface area contributed by atoms with Crippen LogP contribution in [0.2, 0.25) is 0 Å². The Morgan fingerprint density at radius 3 is 2.64 bits per heavy atom. The number of hydrogen-bond donors (Lipinski definition) is 0. The molecule has 0 aromatic carbocycles. The average molecular weight is 357 g/mol. The van der Waals surface area contributed by atoms with Gasteiger partial charge in [0, 0.05) is 37.1 Å². The Morgan fingerprint density at radius 2 is 1.96 bits per heavy atom. The fourth-order valence-corrected chi connectivity index (χ4v) is 4.18. The quantitative estimate of drug-likeness (QED) is 0.769. The molecule has 132 valence electrons. The minimum Gasteiger partial charge on any atom is -0.342 e. The molecule has 1 saturated heterocycles. The van der Waals surface area contributed by atoms with Gasteiger partial charge in [0.15, 0.2) is 11.0 Å². The first kappa shape index (κ1) is 16.6. The summed E-state index contributed by atoms with van der Waals surface area (Å²) in [6.07, 6.45) is 10.6. The lowest BCUT2D eigenvalue weighted by Gasteiger charge is -2.19. The molecule has 0 unspecified atom stereocenters. The first-order valence-corrected chi connectivity index (χ1v) is 10.1. The van der Waals surface area contributed by atoms with Crippen molar-refractivity contribution >= 4 is 17.7 Å². The molecule has 1 saturated carbocycles. The fourth-order valence-electron chi connectivity index (χ4n) is 3.27. The molecule has 4 rings (SSSR count). The van der Waals surface area contributed by atoms with Gasteiger partial charge in [0.25, 0.3) is 0 Å². The van der Waals surface area contributed by atoms with Gasteiger partial charge in [-0.05, 0) is 37.8 Å². The van der Waals surface area contributed by atoms with Gasteiger partial charge >= 0.3 is 0 Å². The van der Waals surface area contributed by atoms with Gasteiger partial charge in [-0.3, -0.25) is 14.3 Å². The summed E-state index contributed by atoms with van der Waals surface area (Å²) >= 11 is 1.52. The van der Waals surface area contributed by atoms with E-state index in [4.69, 9.17) is 0 Å². The zero-order chi connectivity index (χ0) is 17.1. The van der Waals surface area contributed by atoms with Gasteiger partial charge in [0.05, 0.1) is 5.75 Å². The Morgan fingerprint density at radius 1 is 1.16 bits per heavy atom. The summed E-state index contributed by atoms with van der Waals surface area (Å²) in [6, 6.07) is 4.38. The SMILES string of the molecule is O=C(CSc1nnc(-c2cccnc2)n1C1CC1)N1CCCCCC1. The maximum Gasteiger partial charge on any atom is 0.233 e. The number of thioether (sulfide) groups is 1. The summed E-state index contributed by atoms with van der Waals surface area (Å²) in [5.74, 6) is 1.53. The predicted octanol–water partition coefficient (Wildman–Crippen LogP) is 3.17. The van der Waals surface area contributed by atoms with Gasteiger partial charge in [-0.15, -0.1) is 10.2 Å². The van der Waals surface area contributed by atoms with Crippen LogP contribution >= 0.6 is 11.8 Å². The molecule has 2 aromatic heterocycles. The van der Waals surface area contributed by atoms with E-state index in [1.165, 1.54) is 24.6 Å². The Balaban J connectivity index is 1.47. The molecule has 7 heteroatoms. The summed E-state index contributed by atoms with van der Waals surface area (Å²) < 4.78 is 2.19. The number of nitrogens with zero attached hydrogens (tertiary/aromatic N) is 5. The smallest absolute Gasteiger partial charge is 0.233 e. The first-order chi connectivity index (χ1) is 12.3. The monoisotopic (exact) mass is 357 g/mol. The van der Waals surface area contributed by atoms with Crippen molar-refractivity contribution in [2.24, 2.45) is 0 Å². The second-order valence-electron chi connectivity index (χ2n) is 6.73. The topological polar surface area (TPSA) is 63.9 Å². The van der Waals surface area contributed by atoms with Crippen molar-refractivity contribution in [3.8, 4) is 11.4 Å². The molecule has 1 aliphatic carbocycles. The number of likely N-dealkylation sites (tertiary alicyclic amines) is 1. The molecular formula is C18H23N5OS. The molecule has 2 aromatic rings. The lowest BCUT2D eigenvalue weighted by atomic mass is 10.2. The van der Waals surface area contributed by atoms with Crippen LogP contribution in [0.5, 0.6) is 0 Å². The molecule has 0 atom stereocenters. The molecule has 0 spiro atoms. The van der Waals surface area contributed by atoms with Crippen molar-refractivity contribution in [3.05, 3.63) is 24.5 Å². The highest BCUT2D eigenvalue weighted by atomic mass is 32.2. The number of hydrogen-bond acceptors (Lipinski definition) is 5. The number of pyridine rings is 1. The number of carbonyl (C=O) groups is 1. The maximum absolute atomic E-state index is 12.5. The minimum atomic E-state index is 0.222. The van der Waals surface area contributed by atoms with Gasteiger partial charge < -0.3 is 4.90 Å². The van der Waals surface area contributed by atoms with Crippen LogP contribution < -0.4 is 0 Å². The molecule has 0 bridgehead atoms. The number of carbonyl (C=O) groups excluding carboxylic acids is 1. The van der Waals surface area contributed by atoms with Crippen LogP contribution in [0.15, 0.2) is 29.7 Å². The highest BCUT2D eigenvalue weighted by molar-refractivity contribution is 7.99. The van der Waals surface area contributed by atoms with Crippen LogP contribution in [0, 0.1) is 0 Å². The highest BCUT2D eigenvalue weighted by Gasteiger charge is 2.30. The second-order valence-corrected chi connectivity index (χ2v) is 7.68.